The summed E-state index contributed by atoms with van der Waals surface area (Å²) in [6.45, 7) is 7.26. The molecule has 0 fully saturated rings. The van der Waals surface area contributed by atoms with Crippen LogP contribution in [0, 0.1) is 0 Å². The van der Waals surface area contributed by atoms with Crippen molar-refractivity contribution in [2.45, 2.75) is 45.1 Å². The molecule has 1 amide bonds. The summed E-state index contributed by atoms with van der Waals surface area (Å²) in [6.07, 6.45) is 2.36. The van der Waals surface area contributed by atoms with Gasteiger partial charge in [-0.1, -0.05) is 13.8 Å². The molecule has 3 aromatic rings. The van der Waals surface area contributed by atoms with Gasteiger partial charge in [-0.05, 0) is 36.8 Å². The van der Waals surface area contributed by atoms with Crippen LogP contribution >= 0.6 is 0 Å². The Morgan fingerprint density at radius 3 is 2.61 bits per heavy atom. The number of aromatic nitrogens is 3. The number of hydrogen-bond donors (Lipinski definition) is 1. The highest BCUT2D eigenvalue weighted by atomic mass is 32.2. The Morgan fingerprint density at radius 1 is 1.15 bits per heavy atom. The summed E-state index contributed by atoms with van der Waals surface area (Å²) < 4.78 is 34.3. The highest BCUT2D eigenvalue weighted by Gasteiger charge is 2.22. The largest absolute Gasteiger partial charge is 0.478 e. The fourth-order valence-electron chi connectivity index (χ4n) is 3.63. The van der Waals surface area contributed by atoms with E-state index in [0.717, 1.165) is 16.9 Å². The van der Waals surface area contributed by atoms with Crippen molar-refractivity contribution in [3.05, 3.63) is 47.9 Å². The smallest absolute Gasteiger partial charge is 0.243 e. The molecular weight excluding hydrogens is 442 g/mol. The first-order chi connectivity index (χ1) is 15.8. The minimum atomic E-state index is -3.56. The zero-order valence-electron chi connectivity index (χ0n) is 19.5. The maximum absolute atomic E-state index is 12.8. The summed E-state index contributed by atoms with van der Waals surface area (Å²) in [7, 11) is -1.69. The van der Waals surface area contributed by atoms with Crippen LogP contribution in [-0.2, 0) is 34.8 Å². The summed E-state index contributed by atoms with van der Waals surface area (Å²) in [6, 6.07) is 8.62. The number of imidazole rings is 1. The predicted octanol–water partition coefficient (Wildman–Crippen LogP) is 2.65. The molecule has 2 heterocycles. The van der Waals surface area contributed by atoms with Gasteiger partial charge in [-0.15, -0.1) is 0 Å². The van der Waals surface area contributed by atoms with E-state index in [2.05, 4.69) is 15.3 Å². The van der Waals surface area contributed by atoms with Gasteiger partial charge in [0.25, 0.3) is 0 Å². The number of nitrogens with zero attached hydrogens (tertiary/aromatic N) is 4. The van der Waals surface area contributed by atoms with Gasteiger partial charge >= 0.3 is 0 Å². The van der Waals surface area contributed by atoms with Gasteiger partial charge in [0, 0.05) is 51.8 Å². The summed E-state index contributed by atoms with van der Waals surface area (Å²) in [5.41, 5.74) is 2.33. The summed E-state index contributed by atoms with van der Waals surface area (Å²) >= 11 is 0. The zero-order chi connectivity index (χ0) is 24.0. The van der Waals surface area contributed by atoms with E-state index in [1.165, 1.54) is 4.31 Å². The third-order valence-corrected chi connectivity index (χ3v) is 7.49. The van der Waals surface area contributed by atoms with Gasteiger partial charge in [-0.25, -0.2) is 18.4 Å². The van der Waals surface area contributed by atoms with Crippen LogP contribution in [0.3, 0.4) is 0 Å². The molecule has 0 saturated heterocycles. The number of nitrogens with one attached hydrogen (secondary N) is 1. The van der Waals surface area contributed by atoms with E-state index < -0.39 is 10.0 Å². The van der Waals surface area contributed by atoms with Gasteiger partial charge in [0.05, 0.1) is 22.5 Å². The predicted molar refractivity (Wildman–Crippen MR) is 126 cm³/mol. The third kappa shape index (κ3) is 5.69. The molecule has 10 heteroatoms. The Labute approximate surface area is 194 Å². The van der Waals surface area contributed by atoms with Crippen molar-refractivity contribution < 1.29 is 17.9 Å². The molecule has 3 rings (SSSR count). The molecule has 0 radical (unpaired) electrons. The molecular formula is C23H31N5O4S. The molecule has 0 aliphatic heterocycles. The number of carbonyl (C=O) groups is 1. The van der Waals surface area contributed by atoms with Crippen molar-refractivity contribution in [3.8, 4) is 5.88 Å². The number of sulfonamides is 1. The molecule has 33 heavy (non-hydrogen) atoms. The minimum absolute atomic E-state index is 0.0957. The number of amides is 1. The first-order valence-electron chi connectivity index (χ1n) is 11.1. The maximum Gasteiger partial charge on any atom is 0.243 e. The molecule has 0 saturated carbocycles. The molecule has 0 aliphatic rings. The van der Waals surface area contributed by atoms with E-state index in [4.69, 9.17) is 4.74 Å². The first kappa shape index (κ1) is 24.7. The van der Waals surface area contributed by atoms with Crippen molar-refractivity contribution in [1.29, 1.82) is 0 Å². The summed E-state index contributed by atoms with van der Waals surface area (Å²) in [4.78, 5) is 21.3. The third-order valence-electron chi connectivity index (χ3n) is 5.44. The quantitative estimate of drug-likeness (QED) is 0.459. The van der Waals surface area contributed by atoms with Crippen LogP contribution in [0.15, 0.2) is 41.4 Å². The number of carbonyl (C=O) groups excluding carboxylic acids is 1. The number of benzene rings is 1. The summed E-state index contributed by atoms with van der Waals surface area (Å²) in [5, 5.41) is 2.90. The van der Waals surface area contributed by atoms with E-state index in [9.17, 15) is 13.2 Å². The van der Waals surface area contributed by atoms with E-state index in [1.807, 2.05) is 38.5 Å². The lowest BCUT2D eigenvalue weighted by Crippen LogP contribution is -2.30. The number of ether oxygens (including phenoxy) is 1. The molecule has 0 aliphatic carbocycles. The molecule has 0 atom stereocenters. The van der Waals surface area contributed by atoms with Crippen LogP contribution in [0.25, 0.3) is 11.0 Å². The molecule has 0 spiro atoms. The van der Waals surface area contributed by atoms with Crippen LogP contribution in [0.2, 0.25) is 0 Å². The molecule has 178 valence electrons. The average molecular weight is 474 g/mol. The van der Waals surface area contributed by atoms with E-state index in [1.54, 1.807) is 30.5 Å². The highest BCUT2D eigenvalue weighted by molar-refractivity contribution is 7.89. The lowest BCUT2D eigenvalue weighted by atomic mass is 10.2. The van der Waals surface area contributed by atoms with Crippen LogP contribution in [0.4, 0.5) is 0 Å². The Bertz CT molecular complexity index is 1220. The Kier molecular flexibility index (Phi) is 8.04. The monoisotopic (exact) mass is 473 g/mol. The Hall–Kier alpha value is -2.98. The van der Waals surface area contributed by atoms with Crippen molar-refractivity contribution in [1.82, 2.24) is 24.2 Å². The molecule has 0 unspecified atom stereocenters. The number of fused-ring (bicyclic) bond motifs is 1. The second-order valence-electron chi connectivity index (χ2n) is 7.54. The fraction of sp³-hybridized carbons (Fsp3) is 0.435. The van der Waals surface area contributed by atoms with Gasteiger partial charge in [-0.2, -0.15) is 4.31 Å². The van der Waals surface area contributed by atoms with Crippen molar-refractivity contribution in [2.75, 3.05) is 19.7 Å². The molecule has 0 bridgehead atoms. The maximum atomic E-state index is 12.8. The summed E-state index contributed by atoms with van der Waals surface area (Å²) in [5.74, 6) is 1.16. The molecule has 1 N–H and O–H groups in total. The van der Waals surface area contributed by atoms with Crippen LogP contribution in [-0.4, -0.2) is 52.9 Å². The van der Waals surface area contributed by atoms with Crippen LogP contribution in [0.1, 0.15) is 38.6 Å². The van der Waals surface area contributed by atoms with Crippen molar-refractivity contribution in [3.63, 3.8) is 0 Å². The average Bonchev–Trinajstić information content (AvgIpc) is 3.12. The second-order valence-corrected chi connectivity index (χ2v) is 9.48. The topological polar surface area (TPSA) is 106 Å². The normalized spacial score (nSPS) is 11.8. The van der Waals surface area contributed by atoms with E-state index >= 15 is 0 Å². The highest BCUT2D eigenvalue weighted by Crippen LogP contribution is 2.22. The van der Waals surface area contributed by atoms with Gasteiger partial charge < -0.3 is 14.6 Å². The van der Waals surface area contributed by atoms with Gasteiger partial charge in [0.1, 0.15) is 5.82 Å². The zero-order valence-corrected chi connectivity index (χ0v) is 20.4. The minimum Gasteiger partial charge on any atom is -0.478 e. The first-order valence-corrected chi connectivity index (χ1v) is 12.5. The SMILES string of the molecule is CCOc1cc(CNC(=O)CCc2nc3cc(S(=O)(=O)N(CC)CC)ccc3n2C)ccn1. The number of pyridine rings is 1. The van der Waals surface area contributed by atoms with Gasteiger partial charge in [0.15, 0.2) is 0 Å². The Morgan fingerprint density at radius 2 is 1.91 bits per heavy atom. The van der Waals surface area contributed by atoms with Crippen molar-refractivity contribution in [2.24, 2.45) is 7.05 Å². The lowest BCUT2D eigenvalue weighted by Gasteiger charge is -2.18. The lowest BCUT2D eigenvalue weighted by molar-refractivity contribution is -0.121. The fourth-order valence-corrected chi connectivity index (χ4v) is 5.11. The Balaban J connectivity index is 1.66. The van der Waals surface area contributed by atoms with E-state index in [-0.39, 0.29) is 17.2 Å². The second kappa shape index (κ2) is 10.8. The van der Waals surface area contributed by atoms with Gasteiger partial charge in [0.2, 0.25) is 21.8 Å². The van der Waals surface area contributed by atoms with Crippen LogP contribution < -0.4 is 10.1 Å². The molecule has 1 aromatic carbocycles. The van der Waals surface area contributed by atoms with Crippen LogP contribution in [0.5, 0.6) is 5.88 Å². The molecule has 2 aromatic heterocycles. The number of hydrogen-bond acceptors (Lipinski definition) is 6. The van der Waals surface area contributed by atoms with Crippen molar-refractivity contribution >= 4 is 27.0 Å². The number of rotatable bonds is 11. The van der Waals surface area contributed by atoms with E-state index in [0.29, 0.717) is 44.1 Å². The standard InChI is InChI=1S/C23H31N5O4S/c1-5-28(6-2)33(30,31)18-8-9-20-19(15-18)26-21(27(20)4)10-11-22(29)25-16-17-12-13-24-23(14-17)32-7-3/h8-9,12-15H,5-7,10-11,16H2,1-4H3,(H,25,29). The molecule has 9 nitrogen and oxygen atoms in total. The van der Waals surface area contributed by atoms with Gasteiger partial charge in [-0.3, -0.25) is 4.79 Å². The number of aryl methyl sites for hydroxylation is 2.